The number of methoxy groups -OCH3 is 1. The van der Waals surface area contributed by atoms with Crippen LogP contribution in [0, 0.1) is 13.8 Å². The Kier molecular flexibility index (Phi) is 5.38. The first kappa shape index (κ1) is 17.7. The fourth-order valence-corrected chi connectivity index (χ4v) is 2.25. The van der Waals surface area contributed by atoms with Crippen LogP contribution in [0.4, 0.5) is 8.78 Å². The molecular weight excluding hydrogens is 322 g/mol. The van der Waals surface area contributed by atoms with E-state index in [-0.39, 0.29) is 29.7 Å². The van der Waals surface area contributed by atoms with Crippen molar-refractivity contribution in [3.05, 3.63) is 41.1 Å². The van der Waals surface area contributed by atoms with Crippen molar-refractivity contribution in [2.75, 3.05) is 14.2 Å². The Labute approximate surface area is 138 Å². The molecule has 1 aromatic heterocycles. The lowest BCUT2D eigenvalue weighted by Crippen LogP contribution is -2.26. The molecule has 2 aromatic rings. The molecule has 0 aliphatic carbocycles. The van der Waals surface area contributed by atoms with Gasteiger partial charge in [-0.15, -0.1) is 0 Å². The first-order valence-corrected chi connectivity index (χ1v) is 7.13. The van der Waals surface area contributed by atoms with E-state index in [2.05, 4.69) is 9.72 Å². The molecule has 0 fully saturated rings. The van der Waals surface area contributed by atoms with Crippen LogP contribution in [0.15, 0.2) is 22.6 Å². The monoisotopic (exact) mass is 340 g/mol. The van der Waals surface area contributed by atoms with Gasteiger partial charge in [-0.3, -0.25) is 4.79 Å². The molecule has 2 rings (SSSR count). The minimum atomic E-state index is -2.94. The van der Waals surface area contributed by atoms with Crippen LogP contribution in [0.2, 0.25) is 0 Å². The summed E-state index contributed by atoms with van der Waals surface area (Å²) in [7, 11) is 2.96. The van der Waals surface area contributed by atoms with Gasteiger partial charge in [0.15, 0.2) is 17.4 Å². The van der Waals surface area contributed by atoms with Crippen LogP contribution >= 0.6 is 0 Å². The molecule has 0 aliphatic rings. The van der Waals surface area contributed by atoms with Gasteiger partial charge in [-0.2, -0.15) is 8.78 Å². The second-order valence-electron chi connectivity index (χ2n) is 5.17. The van der Waals surface area contributed by atoms with Crippen molar-refractivity contribution >= 4 is 5.91 Å². The number of halogens is 2. The normalized spacial score (nSPS) is 10.8. The largest absolute Gasteiger partial charge is 0.493 e. The first-order chi connectivity index (χ1) is 11.3. The quantitative estimate of drug-likeness (QED) is 0.808. The first-order valence-electron chi connectivity index (χ1n) is 7.13. The highest BCUT2D eigenvalue weighted by Gasteiger charge is 2.20. The highest BCUT2D eigenvalue weighted by molar-refractivity contribution is 5.92. The van der Waals surface area contributed by atoms with Crippen molar-refractivity contribution in [2.24, 2.45) is 0 Å². The SMILES string of the molecule is COc1cc(CN(C)C(=O)c2oc(C)nc2C)ccc1OC(F)F. The molecule has 1 heterocycles. The van der Waals surface area contributed by atoms with Gasteiger partial charge in [-0.25, -0.2) is 4.98 Å². The van der Waals surface area contributed by atoms with Gasteiger partial charge in [0, 0.05) is 20.5 Å². The number of carbonyl (C=O) groups is 1. The molecule has 8 heteroatoms. The maximum Gasteiger partial charge on any atom is 0.387 e. The van der Waals surface area contributed by atoms with E-state index in [0.717, 1.165) is 0 Å². The van der Waals surface area contributed by atoms with Crippen LogP contribution in [-0.2, 0) is 6.54 Å². The third-order valence-corrected chi connectivity index (χ3v) is 3.31. The predicted molar refractivity (Wildman–Crippen MR) is 81.4 cm³/mol. The lowest BCUT2D eigenvalue weighted by Gasteiger charge is -2.17. The van der Waals surface area contributed by atoms with Gasteiger partial charge < -0.3 is 18.8 Å². The number of ether oxygens (including phenoxy) is 2. The molecule has 130 valence electrons. The van der Waals surface area contributed by atoms with Crippen molar-refractivity contribution in [1.29, 1.82) is 0 Å². The lowest BCUT2D eigenvalue weighted by atomic mass is 10.2. The summed E-state index contributed by atoms with van der Waals surface area (Å²) in [5, 5.41) is 0. The zero-order valence-electron chi connectivity index (χ0n) is 13.8. The molecule has 0 saturated carbocycles. The van der Waals surface area contributed by atoms with Gasteiger partial charge in [-0.05, 0) is 24.6 Å². The molecule has 0 N–H and O–H groups in total. The summed E-state index contributed by atoms with van der Waals surface area (Å²) in [6.07, 6.45) is 0. The van der Waals surface area contributed by atoms with Gasteiger partial charge >= 0.3 is 6.61 Å². The van der Waals surface area contributed by atoms with Gasteiger partial charge in [0.05, 0.1) is 12.8 Å². The average Bonchev–Trinajstić information content (AvgIpc) is 2.86. The van der Waals surface area contributed by atoms with E-state index in [1.165, 1.54) is 18.1 Å². The Bertz CT molecular complexity index is 731. The van der Waals surface area contributed by atoms with E-state index in [1.807, 2.05) is 0 Å². The number of hydrogen-bond acceptors (Lipinski definition) is 5. The number of alkyl halides is 2. The number of aromatic nitrogens is 1. The fraction of sp³-hybridized carbons (Fsp3) is 0.375. The molecule has 0 spiro atoms. The summed E-state index contributed by atoms with van der Waals surface area (Å²) in [6, 6.07) is 4.50. The van der Waals surface area contributed by atoms with Crippen molar-refractivity contribution in [3.8, 4) is 11.5 Å². The summed E-state index contributed by atoms with van der Waals surface area (Å²) in [6.45, 7) is 0.656. The molecule has 1 amide bonds. The molecule has 0 bridgehead atoms. The van der Waals surface area contributed by atoms with Crippen molar-refractivity contribution in [2.45, 2.75) is 27.0 Å². The molecular formula is C16H18F2N2O4. The third kappa shape index (κ3) is 4.01. The number of benzene rings is 1. The minimum absolute atomic E-state index is 0.0630. The summed E-state index contributed by atoms with van der Waals surface area (Å²) < 4.78 is 39.4. The van der Waals surface area contributed by atoms with E-state index < -0.39 is 6.61 Å². The number of aryl methyl sites for hydroxylation is 2. The van der Waals surface area contributed by atoms with Gasteiger partial charge in [0.2, 0.25) is 5.76 Å². The maximum atomic E-state index is 12.4. The van der Waals surface area contributed by atoms with Crippen molar-refractivity contribution in [1.82, 2.24) is 9.88 Å². The summed E-state index contributed by atoms with van der Waals surface area (Å²) in [5.74, 6) is 0.381. The molecule has 0 radical (unpaired) electrons. The number of amides is 1. The zero-order chi connectivity index (χ0) is 17.9. The molecule has 24 heavy (non-hydrogen) atoms. The van der Waals surface area contributed by atoms with Gasteiger partial charge in [0.25, 0.3) is 5.91 Å². The molecule has 0 unspecified atom stereocenters. The van der Waals surface area contributed by atoms with Crippen LogP contribution in [-0.4, -0.2) is 36.6 Å². The number of carbonyl (C=O) groups excluding carboxylic acids is 1. The Balaban J connectivity index is 2.15. The Morgan fingerprint density at radius 1 is 1.33 bits per heavy atom. The highest BCUT2D eigenvalue weighted by atomic mass is 19.3. The molecule has 6 nitrogen and oxygen atoms in total. The van der Waals surface area contributed by atoms with Crippen molar-refractivity contribution < 1.29 is 27.5 Å². The molecule has 0 atom stereocenters. The summed E-state index contributed by atoms with van der Waals surface area (Å²) >= 11 is 0. The number of rotatable bonds is 6. The summed E-state index contributed by atoms with van der Waals surface area (Å²) in [4.78, 5) is 17.9. The van der Waals surface area contributed by atoms with Crippen LogP contribution in [0.25, 0.3) is 0 Å². The lowest BCUT2D eigenvalue weighted by molar-refractivity contribution is -0.0512. The Hall–Kier alpha value is -2.64. The predicted octanol–water partition coefficient (Wildman–Crippen LogP) is 3.17. The summed E-state index contributed by atoms with van der Waals surface area (Å²) in [5.41, 5.74) is 1.21. The molecule has 0 saturated heterocycles. The standard InChI is InChI=1S/C16H18F2N2O4/c1-9-14(23-10(2)19-9)15(21)20(3)8-11-5-6-12(24-16(17)18)13(7-11)22-4/h5-7,16H,8H2,1-4H3. The van der Waals surface area contributed by atoms with E-state index in [1.54, 1.807) is 33.0 Å². The second kappa shape index (κ2) is 7.29. The maximum absolute atomic E-state index is 12.4. The van der Waals surface area contributed by atoms with Gasteiger partial charge in [0.1, 0.15) is 0 Å². The second-order valence-corrected chi connectivity index (χ2v) is 5.17. The molecule has 0 aliphatic heterocycles. The smallest absolute Gasteiger partial charge is 0.387 e. The van der Waals surface area contributed by atoms with E-state index in [9.17, 15) is 13.6 Å². The number of nitrogens with zero attached hydrogens (tertiary/aromatic N) is 2. The fourth-order valence-electron chi connectivity index (χ4n) is 2.25. The van der Waals surface area contributed by atoms with Gasteiger partial charge in [-0.1, -0.05) is 6.07 Å². The van der Waals surface area contributed by atoms with E-state index >= 15 is 0 Å². The molecule has 1 aromatic carbocycles. The highest BCUT2D eigenvalue weighted by Crippen LogP contribution is 2.30. The Morgan fingerprint density at radius 3 is 2.58 bits per heavy atom. The minimum Gasteiger partial charge on any atom is -0.493 e. The van der Waals surface area contributed by atoms with Crippen LogP contribution in [0.5, 0.6) is 11.5 Å². The van der Waals surface area contributed by atoms with E-state index in [0.29, 0.717) is 17.1 Å². The van der Waals surface area contributed by atoms with Crippen LogP contribution < -0.4 is 9.47 Å². The topological polar surface area (TPSA) is 64.8 Å². The number of hydrogen-bond donors (Lipinski definition) is 0. The Morgan fingerprint density at radius 2 is 2.04 bits per heavy atom. The zero-order valence-corrected chi connectivity index (χ0v) is 13.8. The third-order valence-electron chi connectivity index (χ3n) is 3.31. The van der Waals surface area contributed by atoms with Crippen molar-refractivity contribution in [3.63, 3.8) is 0 Å². The van der Waals surface area contributed by atoms with E-state index in [4.69, 9.17) is 9.15 Å². The number of oxazole rings is 1. The van der Waals surface area contributed by atoms with Crippen LogP contribution in [0.3, 0.4) is 0 Å². The van der Waals surface area contributed by atoms with Crippen LogP contribution in [0.1, 0.15) is 27.7 Å². The average molecular weight is 340 g/mol.